The zero-order valence-electron chi connectivity index (χ0n) is 11.0. The van der Waals surface area contributed by atoms with Crippen LogP contribution in [-0.4, -0.2) is 9.91 Å². The predicted octanol–water partition coefficient (Wildman–Crippen LogP) is 3.35. The van der Waals surface area contributed by atoms with Crippen LogP contribution in [-0.2, 0) is 13.1 Å². The minimum absolute atomic E-state index is 0.124. The van der Waals surface area contributed by atoms with Crippen molar-refractivity contribution in [3.8, 4) is 0 Å². The molecule has 2 aromatic rings. The molecule has 0 spiro atoms. The fraction of sp³-hybridized carbons (Fsp3) is 0.214. The maximum absolute atomic E-state index is 11.0. The number of nitrogens with zero attached hydrogens (tertiary/aromatic N) is 2. The Morgan fingerprint density at radius 3 is 2.85 bits per heavy atom. The maximum atomic E-state index is 11.0. The van der Waals surface area contributed by atoms with E-state index in [-0.39, 0.29) is 10.6 Å². The van der Waals surface area contributed by atoms with Gasteiger partial charge in [0, 0.05) is 35.4 Å². The van der Waals surface area contributed by atoms with Gasteiger partial charge in [-0.15, -0.1) is 0 Å². The van der Waals surface area contributed by atoms with E-state index >= 15 is 0 Å². The molecule has 0 saturated carbocycles. The Balaban J connectivity index is 2.06. The van der Waals surface area contributed by atoms with Gasteiger partial charge in [0.25, 0.3) is 5.69 Å². The van der Waals surface area contributed by atoms with E-state index in [4.69, 9.17) is 0 Å². The molecule has 1 N–H and O–H groups in total. The lowest BCUT2D eigenvalue weighted by Crippen LogP contribution is -2.15. The van der Waals surface area contributed by atoms with E-state index < -0.39 is 0 Å². The van der Waals surface area contributed by atoms with Gasteiger partial charge in [-0.25, -0.2) is 0 Å². The van der Waals surface area contributed by atoms with Crippen LogP contribution in [0.4, 0.5) is 5.69 Å². The SMILES string of the molecule is Cc1cccnc1CNCc1cc(Br)ccc1[N+](=O)[O-]. The van der Waals surface area contributed by atoms with E-state index in [9.17, 15) is 10.1 Å². The highest BCUT2D eigenvalue weighted by molar-refractivity contribution is 9.10. The molecule has 0 unspecified atom stereocenters. The molecule has 0 radical (unpaired) electrons. The third-order valence-corrected chi connectivity index (χ3v) is 3.46. The van der Waals surface area contributed by atoms with Crippen molar-refractivity contribution < 1.29 is 4.92 Å². The Hall–Kier alpha value is -1.79. The average Bonchev–Trinajstić information content (AvgIpc) is 2.41. The van der Waals surface area contributed by atoms with Gasteiger partial charge in [0.1, 0.15) is 0 Å². The van der Waals surface area contributed by atoms with E-state index in [1.807, 2.05) is 19.1 Å². The van der Waals surface area contributed by atoms with Gasteiger partial charge < -0.3 is 5.32 Å². The first-order chi connectivity index (χ1) is 9.58. The molecule has 2 rings (SSSR count). The van der Waals surface area contributed by atoms with Crippen LogP contribution in [0.25, 0.3) is 0 Å². The molecule has 0 aliphatic carbocycles. The quantitative estimate of drug-likeness (QED) is 0.672. The number of nitro benzene ring substituents is 1. The van der Waals surface area contributed by atoms with Gasteiger partial charge in [-0.2, -0.15) is 0 Å². The standard InChI is InChI=1S/C14H14BrN3O2/c1-10-3-2-6-17-13(10)9-16-8-11-7-12(15)4-5-14(11)18(19)20/h2-7,16H,8-9H2,1H3. The lowest BCUT2D eigenvalue weighted by molar-refractivity contribution is -0.385. The van der Waals surface area contributed by atoms with Crippen LogP contribution in [0, 0.1) is 17.0 Å². The minimum atomic E-state index is -0.366. The molecule has 1 aromatic heterocycles. The minimum Gasteiger partial charge on any atom is -0.307 e. The number of nitro groups is 1. The predicted molar refractivity (Wildman–Crippen MR) is 80.3 cm³/mol. The topological polar surface area (TPSA) is 68.1 Å². The van der Waals surface area contributed by atoms with Gasteiger partial charge in [-0.1, -0.05) is 22.0 Å². The van der Waals surface area contributed by atoms with Crippen molar-refractivity contribution in [2.45, 2.75) is 20.0 Å². The first kappa shape index (κ1) is 14.6. The van der Waals surface area contributed by atoms with Crippen LogP contribution in [0.1, 0.15) is 16.8 Å². The third kappa shape index (κ3) is 3.61. The molecule has 0 bridgehead atoms. The molecule has 0 amide bonds. The second-order valence-corrected chi connectivity index (χ2v) is 5.32. The summed E-state index contributed by atoms with van der Waals surface area (Å²) in [5.41, 5.74) is 2.82. The van der Waals surface area contributed by atoms with E-state index in [1.165, 1.54) is 6.07 Å². The van der Waals surface area contributed by atoms with Crippen LogP contribution in [0.3, 0.4) is 0 Å². The maximum Gasteiger partial charge on any atom is 0.273 e. The summed E-state index contributed by atoms with van der Waals surface area (Å²) < 4.78 is 0.828. The highest BCUT2D eigenvalue weighted by Gasteiger charge is 2.13. The van der Waals surface area contributed by atoms with Crippen molar-refractivity contribution in [1.82, 2.24) is 10.3 Å². The Morgan fingerprint density at radius 1 is 1.35 bits per heavy atom. The van der Waals surface area contributed by atoms with Gasteiger partial charge in [0.15, 0.2) is 0 Å². The molecule has 0 saturated heterocycles. The van der Waals surface area contributed by atoms with Crippen molar-refractivity contribution in [3.05, 3.63) is 67.9 Å². The number of rotatable bonds is 5. The molecule has 0 aliphatic heterocycles. The lowest BCUT2D eigenvalue weighted by Gasteiger charge is -2.07. The van der Waals surface area contributed by atoms with Crippen molar-refractivity contribution >= 4 is 21.6 Å². The van der Waals surface area contributed by atoms with Crippen LogP contribution >= 0.6 is 15.9 Å². The van der Waals surface area contributed by atoms with Gasteiger partial charge in [-0.05, 0) is 30.7 Å². The van der Waals surface area contributed by atoms with E-state index in [0.717, 1.165) is 15.7 Å². The third-order valence-electron chi connectivity index (χ3n) is 2.96. The Labute approximate surface area is 125 Å². The number of pyridine rings is 1. The zero-order valence-corrected chi connectivity index (χ0v) is 12.6. The summed E-state index contributed by atoms with van der Waals surface area (Å²) in [6.45, 7) is 2.99. The van der Waals surface area contributed by atoms with E-state index in [0.29, 0.717) is 18.7 Å². The highest BCUT2D eigenvalue weighted by Crippen LogP contribution is 2.22. The summed E-state index contributed by atoms with van der Waals surface area (Å²) in [5, 5.41) is 14.2. The summed E-state index contributed by atoms with van der Waals surface area (Å²) in [6.07, 6.45) is 1.74. The van der Waals surface area contributed by atoms with Gasteiger partial charge >= 0.3 is 0 Å². The fourth-order valence-electron chi connectivity index (χ4n) is 1.89. The molecular formula is C14H14BrN3O2. The van der Waals surface area contributed by atoms with Crippen LogP contribution in [0.15, 0.2) is 41.0 Å². The summed E-state index contributed by atoms with van der Waals surface area (Å²) in [6, 6.07) is 8.82. The summed E-state index contributed by atoms with van der Waals surface area (Å²) in [4.78, 5) is 14.9. The van der Waals surface area contributed by atoms with Gasteiger partial charge in [0.2, 0.25) is 0 Å². The van der Waals surface area contributed by atoms with Crippen LogP contribution in [0.5, 0.6) is 0 Å². The summed E-state index contributed by atoms with van der Waals surface area (Å²) >= 11 is 3.33. The van der Waals surface area contributed by atoms with Crippen molar-refractivity contribution in [1.29, 1.82) is 0 Å². The molecular weight excluding hydrogens is 322 g/mol. The van der Waals surface area contributed by atoms with E-state index in [2.05, 4.69) is 26.2 Å². The molecule has 0 atom stereocenters. The number of halogens is 1. The second-order valence-electron chi connectivity index (χ2n) is 4.40. The average molecular weight is 336 g/mol. The second kappa shape index (κ2) is 6.58. The number of aryl methyl sites for hydroxylation is 1. The summed E-state index contributed by atoms with van der Waals surface area (Å²) in [5.74, 6) is 0. The first-order valence-corrected chi connectivity index (χ1v) is 6.91. The Morgan fingerprint density at radius 2 is 2.15 bits per heavy atom. The number of benzene rings is 1. The van der Waals surface area contributed by atoms with Crippen molar-refractivity contribution in [3.63, 3.8) is 0 Å². The van der Waals surface area contributed by atoms with Crippen LogP contribution in [0.2, 0.25) is 0 Å². The van der Waals surface area contributed by atoms with Crippen LogP contribution < -0.4 is 5.32 Å². The molecule has 104 valence electrons. The molecule has 1 heterocycles. The number of hydrogen-bond donors (Lipinski definition) is 1. The largest absolute Gasteiger partial charge is 0.307 e. The molecule has 5 nitrogen and oxygen atoms in total. The molecule has 1 aromatic carbocycles. The fourth-order valence-corrected chi connectivity index (χ4v) is 2.30. The van der Waals surface area contributed by atoms with E-state index in [1.54, 1.807) is 18.3 Å². The van der Waals surface area contributed by atoms with Crippen molar-refractivity contribution in [2.24, 2.45) is 0 Å². The lowest BCUT2D eigenvalue weighted by atomic mass is 10.1. The van der Waals surface area contributed by atoms with Gasteiger partial charge in [-0.3, -0.25) is 15.1 Å². The monoisotopic (exact) mass is 335 g/mol. The Bertz CT molecular complexity index is 632. The molecule has 0 fully saturated rings. The molecule has 6 heteroatoms. The highest BCUT2D eigenvalue weighted by atomic mass is 79.9. The first-order valence-electron chi connectivity index (χ1n) is 6.12. The number of hydrogen-bond acceptors (Lipinski definition) is 4. The molecule has 20 heavy (non-hydrogen) atoms. The van der Waals surface area contributed by atoms with Crippen molar-refractivity contribution in [2.75, 3.05) is 0 Å². The molecule has 0 aliphatic rings. The van der Waals surface area contributed by atoms with Gasteiger partial charge in [0.05, 0.1) is 10.6 Å². The zero-order chi connectivity index (χ0) is 14.5. The number of nitrogens with one attached hydrogen (secondary N) is 1. The normalized spacial score (nSPS) is 10.5. The smallest absolute Gasteiger partial charge is 0.273 e. The summed E-state index contributed by atoms with van der Waals surface area (Å²) in [7, 11) is 0. The Kier molecular flexibility index (Phi) is 4.81. The number of aromatic nitrogens is 1.